The van der Waals surface area contributed by atoms with Crippen LogP contribution in [0, 0.1) is 0 Å². The molecule has 2 aromatic carbocycles. The molecule has 0 fully saturated rings. The van der Waals surface area contributed by atoms with Crippen molar-refractivity contribution in [3.63, 3.8) is 0 Å². The van der Waals surface area contributed by atoms with Gasteiger partial charge in [0.05, 0.1) is 0 Å². The third kappa shape index (κ3) is 4.34. The Kier molecular flexibility index (Phi) is 6.15. The highest BCUT2D eigenvalue weighted by Crippen LogP contribution is 2.14. The number of nitrogens with one attached hydrogen (secondary N) is 1. The molecule has 0 aliphatic carbocycles. The smallest absolute Gasteiger partial charge is 0.255 e. The van der Waals surface area contributed by atoms with Crippen molar-refractivity contribution in [3.8, 4) is 0 Å². The molecule has 0 saturated carbocycles. The third-order valence-electron chi connectivity index (χ3n) is 2.14. The Hall–Kier alpha value is -1.61. The van der Waals surface area contributed by atoms with Crippen molar-refractivity contribution in [1.29, 1.82) is 0 Å². The number of carbonyl (C=O) groups is 1. The summed E-state index contributed by atoms with van der Waals surface area (Å²) in [6.45, 7) is 4.00. The highest BCUT2D eigenvalue weighted by molar-refractivity contribution is 9.10. The fourth-order valence-electron chi connectivity index (χ4n) is 1.33. The number of rotatable bonds is 2. The zero-order valence-corrected chi connectivity index (χ0v) is 12.1. The molecule has 0 radical (unpaired) electrons. The van der Waals surface area contributed by atoms with Gasteiger partial charge in [0.1, 0.15) is 0 Å². The first-order chi connectivity index (χ1) is 8.75. The minimum atomic E-state index is -0.0945. The van der Waals surface area contributed by atoms with Crippen LogP contribution in [0.5, 0.6) is 0 Å². The van der Waals surface area contributed by atoms with Crippen LogP contribution in [0.2, 0.25) is 0 Å². The van der Waals surface area contributed by atoms with E-state index in [4.69, 9.17) is 0 Å². The topological polar surface area (TPSA) is 29.1 Å². The summed E-state index contributed by atoms with van der Waals surface area (Å²) in [6.07, 6.45) is 0. The SMILES string of the molecule is CC.O=C(Nc1ccc(Br)cc1)c1ccccc1. The van der Waals surface area contributed by atoms with Gasteiger partial charge in [0.25, 0.3) is 5.91 Å². The van der Waals surface area contributed by atoms with E-state index in [1.54, 1.807) is 12.1 Å². The molecular weight excluding hydrogens is 290 g/mol. The van der Waals surface area contributed by atoms with Crippen molar-refractivity contribution in [2.45, 2.75) is 13.8 Å². The first-order valence-corrected chi connectivity index (χ1v) is 6.67. The predicted octanol–water partition coefficient (Wildman–Crippen LogP) is 4.73. The standard InChI is InChI=1S/C13H10BrNO.C2H6/c14-11-6-8-12(9-7-11)15-13(16)10-4-2-1-3-5-10;1-2/h1-9H,(H,15,16);1-2H3. The van der Waals surface area contributed by atoms with Gasteiger partial charge in [-0.15, -0.1) is 0 Å². The van der Waals surface area contributed by atoms with Gasteiger partial charge >= 0.3 is 0 Å². The molecule has 3 heteroatoms. The lowest BCUT2D eigenvalue weighted by molar-refractivity contribution is 0.102. The van der Waals surface area contributed by atoms with Gasteiger partial charge in [-0.05, 0) is 36.4 Å². The number of amides is 1. The Morgan fingerprint density at radius 3 is 2.06 bits per heavy atom. The molecule has 0 aromatic heterocycles. The minimum absolute atomic E-state index is 0.0945. The van der Waals surface area contributed by atoms with Crippen molar-refractivity contribution < 1.29 is 4.79 Å². The summed E-state index contributed by atoms with van der Waals surface area (Å²) in [6, 6.07) is 16.6. The van der Waals surface area contributed by atoms with Gasteiger partial charge in [-0.2, -0.15) is 0 Å². The average Bonchev–Trinajstić information content (AvgIpc) is 2.44. The second kappa shape index (κ2) is 7.67. The number of benzene rings is 2. The zero-order chi connectivity index (χ0) is 13.4. The maximum atomic E-state index is 11.8. The van der Waals surface area contributed by atoms with Crippen LogP contribution in [-0.2, 0) is 0 Å². The van der Waals surface area contributed by atoms with Crippen molar-refractivity contribution in [2.24, 2.45) is 0 Å². The summed E-state index contributed by atoms with van der Waals surface area (Å²) in [4.78, 5) is 11.8. The average molecular weight is 306 g/mol. The lowest BCUT2D eigenvalue weighted by atomic mass is 10.2. The molecule has 0 aliphatic heterocycles. The van der Waals surface area contributed by atoms with Gasteiger partial charge in [0.15, 0.2) is 0 Å². The minimum Gasteiger partial charge on any atom is -0.322 e. The fourth-order valence-corrected chi connectivity index (χ4v) is 1.59. The van der Waals surface area contributed by atoms with Gasteiger partial charge in [-0.25, -0.2) is 0 Å². The van der Waals surface area contributed by atoms with Gasteiger partial charge in [-0.1, -0.05) is 48.0 Å². The monoisotopic (exact) mass is 305 g/mol. The lowest BCUT2D eigenvalue weighted by Gasteiger charge is -2.04. The van der Waals surface area contributed by atoms with E-state index in [0.29, 0.717) is 5.56 Å². The van der Waals surface area contributed by atoms with Crippen LogP contribution >= 0.6 is 15.9 Å². The van der Waals surface area contributed by atoms with E-state index in [1.165, 1.54) is 0 Å². The predicted molar refractivity (Wildman–Crippen MR) is 79.9 cm³/mol. The maximum Gasteiger partial charge on any atom is 0.255 e. The summed E-state index contributed by atoms with van der Waals surface area (Å²) in [5.41, 5.74) is 1.45. The van der Waals surface area contributed by atoms with Gasteiger partial charge in [-0.3, -0.25) is 4.79 Å². The van der Waals surface area contributed by atoms with Crippen LogP contribution in [0.15, 0.2) is 59.1 Å². The van der Waals surface area contributed by atoms with E-state index < -0.39 is 0 Å². The second-order valence-electron chi connectivity index (χ2n) is 3.33. The normalized spacial score (nSPS) is 9.06. The Morgan fingerprint density at radius 1 is 0.944 bits per heavy atom. The molecule has 0 unspecified atom stereocenters. The molecule has 2 nitrogen and oxygen atoms in total. The summed E-state index contributed by atoms with van der Waals surface area (Å²) in [5, 5.41) is 2.83. The number of hydrogen-bond donors (Lipinski definition) is 1. The van der Waals surface area contributed by atoms with Crippen molar-refractivity contribution >= 4 is 27.5 Å². The van der Waals surface area contributed by atoms with Crippen LogP contribution in [0.4, 0.5) is 5.69 Å². The van der Waals surface area contributed by atoms with Gasteiger partial charge in [0, 0.05) is 15.7 Å². The molecule has 0 aliphatic rings. The molecule has 94 valence electrons. The molecule has 1 N–H and O–H groups in total. The van der Waals surface area contributed by atoms with Gasteiger partial charge in [0.2, 0.25) is 0 Å². The molecule has 0 saturated heterocycles. The highest BCUT2D eigenvalue weighted by Gasteiger charge is 2.04. The lowest BCUT2D eigenvalue weighted by Crippen LogP contribution is -2.11. The summed E-state index contributed by atoms with van der Waals surface area (Å²) in [7, 11) is 0. The molecule has 0 heterocycles. The van der Waals surface area contributed by atoms with Crippen molar-refractivity contribution in [3.05, 3.63) is 64.6 Å². The largest absolute Gasteiger partial charge is 0.322 e. The zero-order valence-electron chi connectivity index (χ0n) is 10.5. The Morgan fingerprint density at radius 2 is 1.50 bits per heavy atom. The molecule has 1 amide bonds. The van der Waals surface area contributed by atoms with E-state index in [2.05, 4.69) is 21.2 Å². The number of halogens is 1. The van der Waals surface area contributed by atoms with E-state index in [9.17, 15) is 4.79 Å². The summed E-state index contributed by atoms with van der Waals surface area (Å²) in [5.74, 6) is -0.0945. The van der Waals surface area contributed by atoms with Crippen LogP contribution < -0.4 is 5.32 Å². The highest BCUT2D eigenvalue weighted by atomic mass is 79.9. The Labute approximate surface area is 116 Å². The van der Waals surface area contributed by atoms with E-state index in [1.807, 2.05) is 56.3 Å². The van der Waals surface area contributed by atoms with E-state index >= 15 is 0 Å². The molecule has 2 aromatic rings. The number of hydrogen-bond acceptors (Lipinski definition) is 1. The third-order valence-corrected chi connectivity index (χ3v) is 2.67. The van der Waals surface area contributed by atoms with Crippen molar-refractivity contribution in [2.75, 3.05) is 5.32 Å². The first kappa shape index (κ1) is 14.5. The molecule has 0 atom stereocenters. The van der Waals surface area contributed by atoms with Gasteiger partial charge < -0.3 is 5.32 Å². The molecule has 2 rings (SSSR count). The van der Waals surface area contributed by atoms with Crippen LogP contribution in [0.1, 0.15) is 24.2 Å². The molecule has 18 heavy (non-hydrogen) atoms. The number of anilines is 1. The summed E-state index contributed by atoms with van der Waals surface area (Å²) >= 11 is 3.34. The Balaban J connectivity index is 0.000000771. The first-order valence-electron chi connectivity index (χ1n) is 5.88. The number of carbonyl (C=O) groups excluding carboxylic acids is 1. The molecular formula is C15H16BrNO. The van der Waals surface area contributed by atoms with Crippen LogP contribution in [-0.4, -0.2) is 5.91 Å². The second-order valence-corrected chi connectivity index (χ2v) is 4.24. The van der Waals surface area contributed by atoms with Crippen LogP contribution in [0.3, 0.4) is 0 Å². The quantitative estimate of drug-likeness (QED) is 0.854. The van der Waals surface area contributed by atoms with E-state index in [0.717, 1.165) is 10.2 Å². The van der Waals surface area contributed by atoms with Crippen molar-refractivity contribution in [1.82, 2.24) is 0 Å². The fraction of sp³-hybridized carbons (Fsp3) is 0.133. The summed E-state index contributed by atoms with van der Waals surface area (Å²) < 4.78 is 0.991. The Bertz CT molecular complexity index is 480. The molecule has 0 spiro atoms. The molecule has 0 bridgehead atoms. The van der Waals surface area contributed by atoms with Crippen LogP contribution in [0.25, 0.3) is 0 Å². The maximum absolute atomic E-state index is 11.8. The van der Waals surface area contributed by atoms with E-state index in [-0.39, 0.29) is 5.91 Å².